The summed E-state index contributed by atoms with van der Waals surface area (Å²) in [5.41, 5.74) is -1.98. The number of carbonyl (C=O) groups excluding carboxylic acids is 3. The maximum Gasteiger partial charge on any atom is 0.312 e. The van der Waals surface area contributed by atoms with E-state index in [1.165, 1.54) is 7.11 Å². The summed E-state index contributed by atoms with van der Waals surface area (Å²) in [6.45, 7) is 13.2. The van der Waals surface area contributed by atoms with Gasteiger partial charge in [-0.05, 0) is 79.1 Å². The van der Waals surface area contributed by atoms with E-state index in [-0.39, 0.29) is 57.5 Å². The third-order valence-corrected chi connectivity index (χ3v) is 13.0. The van der Waals surface area contributed by atoms with Crippen molar-refractivity contribution in [1.82, 2.24) is 0 Å². The predicted octanol–water partition coefficient (Wildman–Crippen LogP) is 5.20. The number of ketones is 2. The number of nitrogens with zero attached hydrogens (tertiary/aromatic N) is 1. The second kappa shape index (κ2) is 7.14. The zero-order valence-corrected chi connectivity index (χ0v) is 23.4. The molecule has 0 spiro atoms. The number of esters is 1. The molecule has 0 N–H and O–H groups in total. The molecule has 1 heterocycles. The van der Waals surface area contributed by atoms with Gasteiger partial charge in [0.1, 0.15) is 12.2 Å². The van der Waals surface area contributed by atoms with Crippen molar-refractivity contribution < 1.29 is 23.9 Å². The van der Waals surface area contributed by atoms with Crippen LogP contribution in [0.2, 0.25) is 0 Å². The molecule has 6 aliphatic rings. The van der Waals surface area contributed by atoms with E-state index in [1.807, 2.05) is 13.0 Å². The van der Waals surface area contributed by atoms with Crippen LogP contribution in [0, 0.1) is 62.1 Å². The highest BCUT2D eigenvalue weighted by atomic mass is 16.6. The first-order chi connectivity index (χ1) is 17.2. The van der Waals surface area contributed by atoms with E-state index in [2.05, 4.69) is 40.7 Å². The summed E-state index contributed by atoms with van der Waals surface area (Å²) in [4.78, 5) is 40.9. The second-order valence-corrected chi connectivity index (χ2v) is 14.7. The molecule has 4 saturated carbocycles. The molecule has 200 valence electrons. The molecule has 2 unspecified atom stereocenters. The Morgan fingerprint density at radius 1 is 1.05 bits per heavy atom. The fraction of sp³-hybridized carbons (Fsp3) is 0.806. The van der Waals surface area contributed by atoms with Crippen LogP contribution in [-0.2, 0) is 23.9 Å². The molecule has 0 bridgehead atoms. The van der Waals surface area contributed by atoms with Crippen LogP contribution in [0.1, 0.15) is 86.5 Å². The number of fused-ring (bicyclic) bond motifs is 9. The van der Waals surface area contributed by atoms with Crippen LogP contribution in [0.5, 0.6) is 0 Å². The summed E-state index contributed by atoms with van der Waals surface area (Å²) in [6.07, 6.45) is 7.23. The SMILES string of the molecule is COC(=O)[C@]12CCC(C)(C)CC1C1C(=O)C=C3[C@@]4(C)[C@H]5O[C@@]5(C#N)C(=O)[C@@H](C)[C@@H]4CC[C@@]3(C)[C@]1(C)CC2. The molecule has 0 aromatic carbocycles. The Balaban J connectivity index is 1.51. The number of epoxide rings is 1. The Bertz CT molecular complexity index is 1200. The van der Waals surface area contributed by atoms with Gasteiger partial charge < -0.3 is 9.47 Å². The van der Waals surface area contributed by atoms with Crippen LogP contribution in [0.25, 0.3) is 0 Å². The van der Waals surface area contributed by atoms with Gasteiger partial charge in [0, 0.05) is 17.3 Å². The number of allylic oxidation sites excluding steroid dienone is 1. The van der Waals surface area contributed by atoms with E-state index in [4.69, 9.17) is 9.47 Å². The van der Waals surface area contributed by atoms with Crippen molar-refractivity contribution in [2.24, 2.45) is 50.7 Å². The lowest BCUT2D eigenvalue weighted by atomic mass is 9.34. The molecule has 37 heavy (non-hydrogen) atoms. The minimum Gasteiger partial charge on any atom is -0.469 e. The summed E-state index contributed by atoms with van der Waals surface area (Å²) >= 11 is 0. The van der Waals surface area contributed by atoms with Crippen LogP contribution in [-0.4, -0.2) is 36.4 Å². The number of methoxy groups -OCH3 is 1. The normalized spacial score (nSPS) is 53.2. The average molecular weight is 508 g/mol. The first-order valence-corrected chi connectivity index (χ1v) is 14.2. The minimum atomic E-state index is -1.37. The molecule has 1 aliphatic heterocycles. The Morgan fingerprint density at radius 3 is 2.38 bits per heavy atom. The number of Topliss-reactive ketones (excluding diaryl/α,β-unsaturated/α-hetero) is 1. The third kappa shape index (κ3) is 2.68. The molecule has 1 saturated heterocycles. The number of nitriles is 1. The summed E-state index contributed by atoms with van der Waals surface area (Å²) < 4.78 is 11.4. The van der Waals surface area contributed by atoms with Crippen LogP contribution in [0.3, 0.4) is 0 Å². The van der Waals surface area contributed by atoms with Crippen molar-refractivity contribution in [3.8, 4) is 6.07 Å². The molecule has 5 aliphatic carbocycles. The Morgan fingerprint density at radius 2 is 1.73 bits per heavy atom. The van der Waals surface area contributed by atoms with Gasteiger partial charge in [-0.25, -0.2) is 0 Å². The molecule has 0 aromatic rings. The van der Waals surface area contributed by atoms with Crippen LogP contribution < -0.4 is 0 Å². The van der Waals surface area contributed by atoms with E-state index in [0.29, 0.717) is 0 Å². The highest BCUT2D eigenvalue weighted by Crippen LogP contribution is 2.76. The van der Waals surface area contributed by atoms with Crippen LogP contribution >= 0.6 is 0 Å². The van der Waals surface area contributed by atoms with Gasteiger partial charge in [0.25, 0.3) is 0 Å². The highest BCUT2D eigenvalue weighted by molar-refractivity contribution is 5.99. The predicted molar refractivity (Wildman–Crippen MR) is 136 cm³/mol. The van der Waals surface area contributed by atoms with Crippen molar-refractivity contribution >= 4 is 17.5 Å². The van der Waals surface area contributed by atoms with Crippen molar-refractivity contribution in [2.75, 3.05) is 7.11 Å². The van der Waals surface area contributed by atoms with Gasteiger partial charge in [-0.2, -0.15) is 5.26 Å². The zero-order valence-electron chi connectivity index (χ0n) is 23.4. The monoisotopic (exact) mass is 507 g/mol. The van der Waals surface area contributed by atoms with Gasteiger partial charge in [-0.3, -0.25) is 14.4 Å². The second-order valence-electron chi connectivity index (χ2n) is 14.7. The molecular weight excluding hydrogens is 466 g/mol. The highest BCUT2D eigenvalue weighted by Gasteiger charge is 2.80. The van der Waals surface area contributed by atoms with Gasteiger partial charge in [0.2, 0.25) is 5.60 Å². The maximum atomic E-state index is 14.4. The molecule has 10 atom stereocenters. The fourth-order valence-electron chi connectivity index (χ4n) is 10.6. The first-order valence-electron chi connectivity index (χ1n) is 14.2. The molecule has 0 aromatic heterocycles. The summed E-state index contributed by atoms with van der Waals surface area (Å²) in [5, 5.41) is 9.99. The van der Waals surface area contributed by atoms with E-state index in [0.717, 1.165) is 50.5 Å². The lowest BCUT2D eigenvalue weighted by molar-refractivity contribution is -0.191. The number of hydrogen-bond acceptors (Lipinski definition) is 6. The van der Waals surface area contributed by atoms with Gasteiger partial charge in [0.05, 0.1) is 12.5 Å². The largest absolute Gasteiger partial charge is 0.469 e. The Labute approximate surface area is 220 Å². The number of ether oxygens (including phenoxy) is 2. The summed E-state index contributed by atoms with van der Waals surface area (Å²) in [7, 11) is 1.48. The van der Waals surface area contributed by atoms with Crippen molar-refractivity contribution in [2.45, 2.75) is 98.2 Å². The Kier molecular flexibility index (Phi) is 4.88. The lowest BCUT2D eigenvalue weighted by Gasteiger charge is -2.68. The molecule has 6 nitrogen and oxygen atoms in total. The van der Waals surface area contributed by atoms with Gasteiger partial charge >= 0.3 is 5.97 Å². The minimum absolute atomic E-state index is 0.0487. The maximum absolute atomic E-state index is 14.4. The van der Waals surface area contributed by atoms with E-state index < -0.39 is 22.5 Å². The summed E-state index contributed by atoms with van der Waals surface area (Å²) in [5.74, 6) is -0.680. The standard InChI is InChI=1S/C31H41NO5/c1-17-18-8-9-27(4)21(29(18,6)24-31(16-32,37-24)23(17)34)14-20(33)22-19-15-26(2,3)10-12-30(19,25(35)36-7)13-11-28(22,27)5/h14,17-19,22,24H,8-13,15H2,1-7H3/t17-,18-,19?,22?,24+,27+,28+,29-,30-,31-/m0/s1. The lowest BCUT2D eigenvalue weighted by Crippen LogP contribution is -2.66. The first kappa shape index (κ1) is 25.3. The van der Waals surface area contributed by atoms with Gasteiger partial charge in [-0.15, -0.1) is 0 Å². The van der Waals surface area contributed by atoms with Gasteiger partial charge in [0.15, 0.2) is 11.6 Å². The van der Waals surface area contributed by atoms with Crippen molar-refractivity contribution in [3.05, 3.63) is 11.6 Å². The Hall–Kier alpha value is -2.00. The quantitative estimate of drug-likeness (QED) is 0.357. The molecule has 5 fully saturated rings. The summed E-state index contributed by atoms with van der Waals surface area (Å²) in [6, 6.07) is 2.21. The third-order valence-electron chi connectivity index (χ3n) is 13.0. The molecule has 6 rings (SSSR count). The zero-order chi connectivity index (χ0) is 27.0. The van der Waals surface area contributed by atoms with E-state index in [1.54, 1.807) is 0 Å². The smallest absolute Gasteiger partial charge is 0.312 e. The van der Waals surface area contributed by atoms with Crippen LogP contribution in [0.4, 0.5) is 0 Å². The van der Waals surface area contributed by atoms with E-state index in [9.17, 15) is 19.6 Å². The fourth-order valence-corrected chi connectivity index (χ4v) is 10.6. The van der Waals surface area contributed by atoms with Crippen LogP contribution in [0.15, 0.2) is 11.6 Å². The van der Waals surface area contributed by atoms with Crippen molar-refractivity contribution in [1.29, 1.82) is 5.26 Å². The number of carbonyl (C=O) groups is 3. The van der Waals surface area contributed by atoms with Gasteiger partial charge in [-0.1, -0.05) is 47.1 Å². The molecular formula is C31H41NO5. The van der Waals surface area contributed by atoms with E-state index >= 15 is 0 Å². The molecule has 6 heteroatoms. The number of hydrogen-bond donors (Lipinski definition) is 0. The van der Waals surface area contributed by atoms with Crippen molar-refractivity contribution in [3.63, 3.8) is 0 Å². The average Bonchev–Trinajstić information content (AvgIpc) is 3.61. The topological polar surface area (TPSA) is 96.8 Å². The molecule has 0 amide bonds. The molecule has 0 radical (unpaired) electrons. The number of rotatable bonds is 1.